The molecule has 6 heteroatoms. The number of nitrogens with zero attached hydrogens (tertiary/aromatic N) is 1. The second-order valence-electron chi connectivity index (χ2n) is 5.58. The molecule has 0 aromatic heterocycles. The van der Waals surface area contributed by atoms with Gasteiger partial charge in [-0.15, -0.1) is 0 Å². The summed E-state index contributed by atoms with van der Waals surface area (Å²) in [5.41, 5.74) is 6.66. The quantitative estimate of drug-likeness (QED) is 0.737. The maximum Gasteiger partial charge on any atom is 0.161 e. The van der Waals surface area contributed by atoms with E-state index in [2.05, 4.69) is 0 Å². The molecule has 116 valence electrons. The van der Waals surface area contributed by atoms with Crippen LogP contribution in [0.5, 0.6) is 11.5 Å². The van der Waals surface area contributed by atoms with E-state index in [1.165, 1.54) is 0 Å². The van der Waals surface area contributed by atoms with E-state index in [0.717, 1.165) is 25.9 Å². The molecule has 1 aromatic rings. The lowest BCUT2D eigenvalue weighted by Crippen LogP contribution is -2.49. The van der Waals surface area contributed by atoms with Crippen molar-refractivity contribution in [1.82, 2.24) is 4.90 Å². The molecular formula is C15H22N2O4. The first-order valence-electron chi connectivity index (χ1n) is 7.42. The van der Waals surface area contributed by atoms with Crippen LogP contribution < -0.4 is 15.2 Å². The number of aliphatic hydroxyl groups excluding tert-OH is 2. The van der Waals surface area contributed by atoms with E-state index >= 15 is 0 Å². The number of rotatable bonds is 4. The molecule has 0 saturated carbocycles. The fourth-order valence-corrected chi connectivity index (χ4v) is 2.88. The average Bonchev–Trinajstić information content (AvgIpc) is 3.06. The highest BCUT2D eigenvalue weighted by Gasteiger charge is 2.31. The van der Waals surface area contributed by atoms with Crippen molar-refractivity contribution in [2.75, 3.05) is 26.3 Å². The van der Waals surface area contributed by atoms with Gasteiger partial charge in [-0.1, -0.05) is 6.07 Å². The van der Waals surface area contributed by atoms with E-state index < -0.39 is 18.4 Å². The first-order valence-corrected chi connectivity index (χ1v) is 7.42. The molecule has 1 saturated heterocycles. The summed E-state index contributed by atoms with van der Waals surface area (Å²) in [4.78, 5) is 1.91. The Bertz CT molecular complexity index is 491. The molecular weight excluding hydrogens is 272 g/mol. The van der Waals surface area contributed by atoms with Crippen molar-refractivity contribution in [2.45, 2.75) is 31.2 Å². The Labute approximate surface area is 124 Å². The first kappa shape index (κ1) is 14.6. The van der Waals surface area contributed by atoms with Crippen LogP contribution in [0.3, 0.4) is 0 Å². The Morgan fingerprint density at radius 1 is 1.05 bits per heavy atom. The number of hydrogen-bond acceptors (Lipinski definition) is 6. The van der Waals surface area contributed by atoms with Crippen LogP contribution in [0.4, 0.5) is 0 Å². The van der Waals surface area contributed by atoms with E-state index in [1.807, 2.05) is 4.90 Å². The van der Waals surface area contributed by atoms with E-state index in [4.69, 9.17) is 15.2 Å². The highest BCUT2D eigenvalue weighted by atomic mass is 16.6. The van der Waals surface area contributed by atoms with Gasteiger partial charge in [0.1, 0.15) is 19.4 Å². The normalized spacial score (nSPS) is 22.8. The van der Waals surface area contributed by atoms with Crippen LogP contribution in [-0.2, 0) is 0 Å². The molecule has 3 atom stereocenters. The minimum absolute atomic E-state index is 0.495. The monoisotopic (exact) mass is 294 g/mol. The van der Waals surface area contributed by atoms with Gasteiger partial charge in [0.2, 0.25) is 0 Å². The van der Waals surface area contributed by atoms with E-state index in [-0.39, 0.29) is 0 Å². The number of benzene rings is 1. The Morgan fingerprint density at radius 2 is 1.71 bits per heavy atom. The lowest BCUT2D eigenvalue weighted by atomic mass is 10.0. The van der Waals surface area contributed by atoms with Gasteiger partial charge < -0.3 is 25.4 Å². The maximum atomic E-state index is 10.4. The van der Waals surface area contributed by atoms with Crippen LogP contribution >= 0.6 is 0 Å². The third kappa shape index (κ3) is 2.98. The summed E-state index contributed by atoms with van der Waals surface area (Å²) >= 11 is 0. The highest BCUT2D eigenvalue weighted by Crippen LogP contribution is 2.33. The minimum Gasteiger partial charge on any atom is -0.486 e. The van der Waals surface area contributed by atoms with Crippen LogP contribution in [0.15, 0.2) is 18.2 Å². The largest absolute Gasteiger partial charge is 0.486 e. The number of nitrogens with two attached hydrogens (primary N) is 1. The lowest BCUT2D eigenvalue weighted by molar-refractivity contribution is -0.0377. The van der Waals surface area contributed by atoms with Gasteiger partial charge >= 0.3 is 0 Å². The molecule has 0 amide bonds. The van der Waals surface area contributed by atoms with E-state index in [9.17, 15) is 10.2 Å². The van der Waals surface area contributed by atoms with Gasteiger partial charge in [-0.25, -0.2) is 0 Å². The second kappa shape index (κ2) is 6.19. The Hall–Kier alpha value is -1.34. The zero-order valence-corrected chi connectivity index (χ0v) is 11.9. The molecule has 2 heterocycles. The summed E-state index contributed by atoms with van der Waals surface area (Å²) in [5.74, 6) is 1.28. The summed E-state index contributed by atoms with van der Waals surface area (Å²) in [7, 11) is 0. The van der Waals surface area contributed by atoms with Gasteiger partial charge in [-0.2, -0.15) is 0 Å². The molecule has 0 bridgehead atoms. The second-order valence-corrected chi connectivity index (χ2v) is 5.58. The molecule has 21 heavy (non-hydrogen) atoms. The molecule has 4 N–H and O–H groups in total. The number of fused-ring (bicyclic) bond motifs is 1. The molecule has 0 unspecified atom stereocenters. The maximum absolute atomic E-state index is 10.4. The van der Waals surface area contributed by atoms with Crippen molar-refractivity contribution in [1.29, 1.82) is 0 Å². The van der Waals surface area contributed by atoms with Crippen LogP contribution in [0.1, 0.15) is 24.5 Å². The topological polar surface area (TPSA) is 88.2 Å². The van der Waals surface area contributed by atoms with Crippen molar-refractivity contribution >= 4 is 0 Å². The van der Waals surface area contributed by atoms with Gasteiger partial charge in [0.05, 0.1) is 12.1 Å². The molecule has 6 nitrogen and oxygen atoms in total. The Kier molecular flexibility index (Phi) is 4.30. The standard InChI is InChI=1S/C15H22N2O4/c16-13(15(19)17-5-1-2-6-17)14(18)10-3-4-11-12(9-10)21-8-7-20-11/h3-4,9,13-15,18-19H,1-2,5-8,16H2/t13-,14+,15+/m0/s1. The van der Waals surface area contributed by atoms with Crippen LogP contribution in [0.2, 0.25) is 0 Å². The van der Waals surface area contributed by atoms with Crippen LogP contribution in [0, 0.1) is 0 Å². The van der Waals surface area contributed by atoms with Crippen molar-refractivity contribution in [3.8, 4) is 11.5 Å². The number of hydrogen-bond donors (Lipinski definition) is 3. The predicted molar refractivity (Wildman–Crippen MR) is 77.2 cm³/mol. The highest BCUT2D eigenvalue weighted by molar-refractivity contribution is 5.44. The fourth-order valence-electron chi connectivity index (χ4n) is 2.88. The number of likely N-dealkylation sites (tertiary alicyclic amines) is 1. The van der Waals surface area contributed by atoms with Crippen molar-refractivity contribution in [3.05, 3.63) is 23.8 Å². The summed E-state index contributed by atoms with van der Waals surface area (Å²) < 4.78 is 11.0. The SMILES string of the molecule is N[C@@H]([C@H](O)c1ccc2c(c1)OCCO2)[C@@H](O)N1CCCC1. The van der Waals surface area contributed by atoms with E-state index in [0.29, 0.717) is 30.3 Å². The molecule has 0 aliphatic carbocycles. The van der Waals surface area contributed by atoms with Gasteiger partial charge in [0.15, 0.2) is 11.5 Å². The number of aliphatic hydroxyl groups is 2. The Balaban J connectivity index is 1.72. The van der Waals surface area contributed by atoms with Gasteiger partial charge in [-0.05, 0) is 30.5 Å². The molecule has 2 aliphatic heterocycles. The molecule has 0 radical (unpaired) electrons. The molecule has 0 spiro atoms. The van der Waals surface area contributed by atoms with Gasteiger partial charge in [-0.3, -0.25) is 4.90 Å². The average molecular weight is 294 g/mol. The minimum atomic E-state index is -0.948. The van der Waals surface area contributed by atoms with Crippen molar-refractivity contribution in [2.24, 2.45) is 5.73 Å². The summed E-state index contributed by atoms with van der Waals surface area (Å²) in [6.07, 6.45) is 0.334. The molecule has 1 fully saturated rings. The molecule has 3 rings (SSSR count). The summed E-state index contributed by atoms with van der Waals surface area (Å²) in [5, 5.41) is 20.7. The van der Waals surface area contributed by atoms with Crippen LogP contribution in [0.25, 0.3) is 0 Å². The smallest absolute Gasteiger partial charge is 0.161 e. The molecule has 1 aromatic carbocycles. The van der Waals surface area contributed by atoms with E-state index in [1.54, 1.807) is 18.2 Å². The van der Waals surface area contributed by atoms with Crippen molar-refractivity contribution < 1.29 is 19.7 Å². The molecule has 2 aliphatic rings. The lowest BCUT2D eigenvalue weighted by Gasteiger charge is -2.31. The fraction of sp³-hybridized carbons (Fsp3) is 0.600. The zero-order chi connectivity index (χ0) is 14.8. The van der Waals surface area contributed by atoms with Crippen LogP contribution in [-0.4, -0.2) is 53.7 Å². The van der Waals surface area contributed by atoms with Crippen molar-refractivity contribution in [3.63, 3.8) is 0 Å². The predicted octanol–water partition coefficient (Wildman–Crippen LogP) is 0.233. The third-order valence-electron chi connectivity index (χ3n) is 4.13. The number of ether oxygens (including phenoxy) is 2. The first-order chi connectivity index (χ1) is 10.2. The van der Waals surface area contributed by atoms with Gasteiger partial charge in [0, 0.05) is 13.1 Å². The third-order valence-corrected chi connectivity index (χ3v) is 4.13. The summed E-state index contributed by atoms with van der Waals surface area (Å²) in [6.45, 7) is 2.67. The Morgan fingerprint density at radius 3 is 2.43 bits per heavy atom. The zero-order valence-electron chi connectivity index (χ0n) is 11.9. The van der Waals surface area contributed by atoms with Gasteiger partial charge in [0.25, 0.3) is 0 Å². The summed E-state index contributed by atoms with van der Waals surface area (Å²) in [6, 6.07) is 4.50.